The van der Waals surface area contributed by atoms with Crippen LogP contribution in [-0.4, -0.2) is 23.2 Å². The van der Waals surface area contributed by atoms with Crippen molar-refractivity contribution < 1.29 is 19.4 Å². The van der Waals surface area contributed by atoms with Crippen LogP contribution in [0.3, 0.4) is 0 Å². The number of aromatic nitrogens is 1. The van der Waals surface area contributed by atoms with E-state index in [0.717, 1.165) is 22.3 Å². The van der Waals surface area contributed by atoms with Crippen LogP contribution in [0.25, 0.3) is 16.7 Å². The minimum atomic E-state index is -0.353. The van der Waals surface area contributed by atoms with Crippen molar-refractivity contribution in [2.75, 3.05) is 7.11 Å². The summed E-state index contributed by atoms with van der Waals surface area (Å²) < 4.78 is 11.2. The number of ether oxygens (including phenoxy) is 2. The first-order valence-electron chi connectivity index (χ1n) is 11.1. The zero-order valence-corrected chi connectivity index (χ0v) is 19.7. The predicted molar refractivity (Wildman–Crippen MR) is 134 cm³/mol. The molecule has 0 aliphatic rings. The number of hydrogen-bond donors (Lipinski definition) is 2. The fraction of sp³-hybridized carbons (Fsp3) is 0.214. The minimum Gasteiger partial charge on any atom is -0.512 e. The maximum atomic E-state index is 12.0. The monoisotopic (exact) mass is 458 g/mol. The van der Waals surface area contributed by atoms with E-state index < -0.39 is 0 Å². The van der Waals surface area contributed by atoms with E-state index in [-0.39, 0.29) is 18.1 Å². The Morgan fingerprint density at radius 1 is 1.09 bits per heavy atom. The van der Waals surface area contributed by atoms with Gasteiger partial charge in [0.2, 0.25) is 0 Å². The lowest BCUT2D eigenvalue weighted by molar-refractivity contribution is -0.139. The summed E-state index contributed by atoms with van der Waals surface area (Å²) >= 11 is 0. The number of allylic oxidation sites excluding steroid dienone is 4. The van der Waals surface area contributed by atoms with Crippen LogP contribution < -0.4 is 10.5 Å². The van der Waals surface area contributed by atoms with Gasteiger partial charge in [-0.3, -0.25) is 9.78 Å². The van der Waals surface area contributed by atoms with Crippen molar-refractivity contribution in [2.24, 2.45) is 5.73 Å². The Kier molecular flexibility index (Phi) is 8.60. The number of aliphatic hydroxyl groups excluding tert-OH is 1. The van der Waals surface area contributed by atoms with Crippen LogP contribution in [0.1, 0.15) is 37.0 Å². The van der Waals surface area contributed by atoms with Gasteiger partial charge >= 0.3 is 5.97 Å². The Labute approximate surface area is 200 Å². The molecule has 0 aliphatic carbocycles. The third-order valence-electron chi connectivity index (χ3n) is 5.40. The Bertz CT molecular complexity index is 1200. The van der Waals surface area contributed by atoms with E-state index in [1.54, 1.807) is 19.3 Å². The summed E-state index contributed by atoms with van der Waals surface area (Å²) in [5.74, 6) is 1.01. The van der Waals surface area contributed by atoms with Gasteiger partial charge in [0, 0.05) is 36.5 Å². The molecule has 0 saturated heterocycles. The molecule has 176 valence electrons. The van der Waals surface area contributed by atoms with Crippen molar-refractivity contribution in [1.82, 2.24) is 4.98 Å². The van der Waals surface area contributed by atoms with Gasteiger partial charge < -0.3 is 20.3 Å². The SMILES string of the molecule is CC/C(=C\C(=C(/C)O)c1cccc(CN)c1)Oc1cc(-c2ccncc2)ccc1CC(=O)OC. The van der Waals surface area contributed by atoms with Crippen molar-refractivity contribution >= 4 is 11.5 Å². The maximum Gasteiger partial charge on any atom is 0.310 e. The first-order valence-corrected chi connectivity index (χ1v) is 11.1. The van der Waals surface area contributed by atoms with E-state index >= 15 is 0 Å². The highest BCUT2D eigenvalue weighted by Crippen LogP contribution is 2.31. The third-order valence-corrected chi connectivity index (χ3v) is 5.40. The van der Waals surface area contributed by atoms with Crippen LogP contribution in [0.4, 0.5) is 0 Å². The molecule has 6 nitrogen and oxygen atoms in total. The number of pyridine rings is 1. The second-order valence-corrected chi connectivity index (χ2v) is 7.78. The van der Waals surface area contributed by atoms with Crippen molar-refractivity contribution in [2.45, 2.75) is 33.2 Å². The van der Waals surface area contributed by atoms with Gasteiger partial charge in [-0.2, -0.15) is 0 Å². The first-order chi connectivity index (χ1) is 16.4. The van der Waals surface area contributed by atoms with Crippen molar-refractivity contribution in [3.05, 3.63) is 101 Å². The molecule has 0 saturated carbocycles. The average molecular weight is 459 g/mol. The molecule has 0 aliphatic heterocycles. The van der Waals surface area contributed by atoms with Crippen molar-refractivity contribution in [1.29, 1.82) is 0 Å². The number of nitrogens with zero attached hydrogens (tertiary/aromatic N) is 1. The summed E-state index contributed by atoms with van der Waals surface area (Å²) in [6.45, 7) is 4.02. The van der Waals surface area contributed by atoms with Gasteiger partial charge in [0.25, 0.3) is 0 Å². The largest absolute Gasteiger partial charge is 0.512 e. The van der Waals surface area contributed by atoms with E-state index in [9.17, 15) is 9.90 Å². The smallest absolute Gasteiger partial charge is 0.310 e. The lowest BCUT2D eigenvalue weighted by Crippen LogP contribution is -2.07. The van der Waals surface area contributed by atoms with Gasteiger partial charge in [0.05, 0.1) is 19.3 Å². The Morgan fingerprint density at radius 3 is 2.50 bits per heavy atom. The van der Waals surface area contributed by atoms with Crippen molar-refractivity contribution in [3.63, 3.8) is 0 Å². The van der Waals surface area contributed by atoms with Crippen LogP contribution in [-0.2, 0) is 22.5 Å². The molecule has 0 atom stereocenters. The van der Waals surface area contributed by atoms with Crippen LogP contribution >= 0.6 is 0 Å². The number of carbonyl (C=O) groups excluding carboxylic acids is 1. The van der Waals surface area contributed by atoms with Gasteiger partial charge in [0.15, 0.2) is 0 Å². The first kappa shape index (κ1) is 24.7. The molecule has 0 radical (unpaired) electrons. The van der Waals surface area contributed by atoms with Gasteiger partial charge in [0.1, 0.15) is 11.5 Å². The molecular formula is C28H30N2O4. The highest BCUT2D eigenvalue weighted by Gasteiger charge is 2.14. The predicted octanol–water partition coefficient (Wildman–Crippen LogP) is 5.58. The van der Waals surface area contributed by atoms with E-state index in [4.69, 9.17) is 15.2 Å². The molecule has 1 heterocycles. The van der Waals surface area contributed by atoms with Crippen LogP contribution in [0, 0.1) is 0 Å². The number of aliphatic hydroxyl groups is 1. The molecule has 0 bridgehead atoms. The molecule has 6 heteroatoms. The summed E-state index contributed by atoms with van der Waals surface area (Å²) in [6, 6.07) is 17.3. The maximum absolute atomic E-state index is 12.0. The zero-order chi connectivity index (χ0) is 24.5. The molecule has 0 fully saturated rings. The molecule has 34 heavy (non-hydrogen) atoms. The average Bonchev–Trinajstić information content (AvgIpc) is 2.87. The number of nitrogens with two attached hydrogens (primary N) is 1. The number of benzene rings is 2. The summed E-state index contributed by atoms with van der Waals surface area (Å²) in [4.78, 5) is 16.1. The van der Waals surface area contributed by atoms with Crippen LogP contribution in [0.15, 0.2) is 84.6 Å². The number of rotatable bonds is 9. The summed E-state index contributed by atoms with van der Waals surface area (Å²) in [7, 11) is 1.36. The highest BCUT2D eigenvalue weighted by atomic mass is 16.5. The lowest BCUT2D eigenvalue weighted by atomic mass is 10.0. The van der Waals surface area contributed by atoms with Gasteiger partial charge in [-0.05, 0) is 59.5 Å². The van der Waals surface area contributed by atoms with Gasteiger partial charge in [-0.15, -0.1) is 0 Å². The van der Waals surface area contributed by atoms with E-state index in [1.165, 1.54) is 7.11 Å². The number of esters is 1. The third kappa shape index (κ3) is 6.33. The molecule has 3 N–H and O–H groups in total. The summed E-state index contributed by atoms with van der Waals surface area (Å²) in [6.07, 6.45) is 5.94. The number of hydrogen-bond acceptors (Lipinski definition) is 6. The standard InChI is InChI=1S/C28H30N2O4/c1-4-25(17-26(19(2)31)23-7-5-6-20(14-23)18-29)34-27-15-22(21-10-12-30-13-11-21)8-9-24(27)16-28(32)33-3/h5-15,17,31H,4,16,18,29H2,1-3H3/b25-17+,26-19-. The van der Waals surface area contributed by atoms with Crippen LogP contribution in [0.2, 0.25) is 0 Å². The molecule has 3 aromatic rings. The molecule has 0 unspecified atom stereocenters. The molecule has 3 rings (SSSR count). The minimum absolute atomic E-state index is 0.0831. The van der Waals surface area contributed by atoms with E-state index in [0.29, 0.717) is 35.6 Å². The Morgan fingerprint density at radius 2 is 1.85 bits per heavy atom. The van der Waals surface area contributed by atoms with Crippen molar-refractivity contribution in [3.8, 4) is 16.9 Å². The Hall–Kier alpha value is -3.90. The normalized spacial score (nSPS) is 12.2. The molecule has 0 amide bonds. The molecular weight excluding hydrogens is 428 g/mol. The van der Waals surface area contributed by atoms with Gasteiger partial charge in [-0.25, -0.2) is 0 Å². The lowest BCUT2D eigenvalue weighted by Gasteiger charge is -2.16. The van der Waals surface area contributed by atoms with Crippen LogP contribution in [0.5, 0.6) is 5.75 Å². The second-order valence-electron chi connectivity index (χ2n) is 7.78. The number of methoxy groups -OCH3 is 1. The number of carbonyl (C=O) groups is 1. The molecule has 0 spiro atoms. The van der Waals surface area contributed by atoms with E-state index in [1.807, 2.05) is 67.6 Å². The quantitative estimate of drug-likeness (QED) is 0.247. The second kappa shape index (κ2) is 11.8. The fourth-order valence-corrected chi connectivity index (χ4v) is 3.52. The highest BCUT2D eigenvalue weighted by molar-refractivity contribution is 5.77. The molecule has 1 aromatic heterocycles. The fourth-order valence-electron chi connectivity index (χ4n) is 3.52. The van der Waals surface area contributed by atoms with E-state index in [2.05, 4.69) is 4.98 Å². The van der Waals surface area contributed by atoms with Gasteiger partial charge in [-0.1, -0.05) is 37.3 Å². The zero-order valence-electron chi connectivity index (χ0n) is 19.7. The molecule has 2 aromatic carbocycles. The topological polar surface area (TPSA) is 94.7 Å². The summed E-state index contributed by atoms with van der Waals surface area (Å²) in [5.41, 5.74) is 10.9. The Balaban J connectivity index is 2.03. The summed E-state index contributed by atoms with van der Waals surface area (Å²) in [5, 5.41) is 10.4.